The van der Waals surface area contributed by atoms with Crippen molar-refractivity contribution < 1.29 is 13.2 Å². The normalized spacial score (nSPS) is 11.6. The minimum atomic E-state index is -4.38. The summed E-state index contributed by atoms with van der Waals surface area (Å²) in [4.78, 5) is 7.99. The molecular formula is C12H10F3N3. The maximum Gasteiger partial charge on any atom is 0.416 e. The van der Waals surface area contributed by atoms with Gasteiger partial charge in [0, 0.05) is 5.56 Å². The van der Waals surface area contributed by atoms with Crippen LogP contribution in [0.5, 0.6) is 0 Å². The number of aromatic nitrogens is 2. The number of rotatable bonds is 1. The maximum absolute atomic E-state index is 12.6. The molecule has 0 fully saturated rings. The molecular weight excluding hydrogens is 243 g/mol. The van der Waals surface area contributed by atoms with Gasteiger partial charge >= 0.3 is 6.18 Å². The zero-order valence-corrected chi connectivity index (χ0v) is 9.49. The molecule has 0 spiro atoms. The number of halogens is 3. The molecule has 0 amide bonds. The molecule has 2 aromatic rings. The van der Waals surface area contributed by atoms with Crippen molar-refractivity contribution in [1.29, 1.82) is 0 Å². The Morgan fingerprint density at radius 3 is 2.56 bits per heavy atom. The molecule has 6 heteroatoms. The van der Waals surface area contributed by atoms with E-state index in [-0.39, 0.29) is 5.82 Å². The second-order valence-electron chi connectivity index (χ2n) is 3.81. The molecule has 2 rings (SSSR count). The second kappa shape index (κ2) is 4.29. The number of aryl methyl sites for hydroxylation is 1. The number of hydrogen-bond acceptors (Lipinski definition) is 3. The summed E-state index contributed by atoms with van der Waals surface area (Å²) in [5, 5.41) is 0. The number of anilines is 1. The number of nitrogens with two attached hydrogens (primary N) is 1. The van der Waals surface area contributed by atoms with Gasteiger partial charge in [0.1, 0.15) is 0 Å². The smallest absolute Gasteiger partial charge is 0.396 e. The minimum Gasteiger partial charge on any atom is -0.396 e. The summed E-state index contributed by atoms with van der Waals surface area (Å²) in [5.74, 6) is 0.229. The van der Waals surface area contributed by atoms with Gasteiger partial charge in [-0.1, -0.05) is 12.1 Å². The molecule has 3 nitrogen and oxygen atoms in total. The summed E-state index contributed by atoms with van der Waals surface area (Å²) >= 11 is 0. The lowest BCUT2D eigenvalue weighted by molar-refractivity contribution is -0.137. The van der Waals surface area contributed by atoms with E-state index in [4.69, 9.17) is 5.73 Å². The topological polar surface area (TPSA) is 51.8 Å². The van der Waals surface area contributed by atoms with Gasteiger partial charge in [-0.25, -0.2) is 9.97 Å². The van der Waals surface area contributed by atoms with E-state index in [0.29, 0.717) is 16.9 Å². The third-order valence-corrected chi connectivity index (χ3v) is 2.47. The fourth-order valence-corrected chi connectivity index (χ4v) is 1.45. The van der Waals surface area contributed by atoms with Crippen LogP contribution in [0.3, 0.4) is 0 Å². The predicted octanol–water partition coefficient (Wildman–Crippen LogP) is 3.05. The van der Waals surface area contributed by atoms with Crippen LogP contribution < -0.4 is 5.73 Å². The van der Waals surface area contributed by atoms with E-state index in [9.17, 15) is 13.2 Å². The lowest BCUT2D eigenvalue weighted by Crippen LogP contribution is -2.05. The van der Waals surface area contributed by atoms with Gasteiger partial charge < -0.3 is 5.73 Å². The molecule has 18 heavy (non-hydrogen) atoms. The average Bonchev–Trinajstić information content (AvgIpc) is 2.32. The summed E-state index contributed by atoms with van der Waals surface area (Å²) in [6, 6.07) is 4.88. The minimum absolute atomic E-state index is 0.229. The Kier molecular flexibility index (Phi) is 2.94. The number of alkyl halides is 3. The van der Waals surface area contributed by atoms with E-state index < -0.39 is 11.7 Å². The van der Waals surface area contributed by atoms with Crippen molar-refractivity contribution in [3.63, 3.8) is 0 Å². The summed E-state index contributed by atoms with van der Waals surface area (Å²) in [7, 11) is 0. The standard InChI is InChI=1S/C12H10F3N3/c1-7-10(16)6-17-11(18-7)8-3-2-4-9(5-8)12(13,14)15/h2-6H,16H2,1H3. The first kappa shape index (κ1) is 12.3. The highest BCUT2D eigenvalue weighted by Gasteiger charge is 2.30. The molecule has 0 saturated carbocycles. The van der Waals surface area contributed by atoms with Crippen molar-refractivity contribution in [3.8, 4) is 11.4 Å². The van der Waals surface area contributed by atoms with E-state index in [1.54, 1.807) is 6.92 Å². The van der Waals surface area contributed by atoms with Gasteiger partial charge in [-0.2, -0.15) is 13.2 Å². The number of nitrogens with zero attached hydrogens (tertiary/aromatic N) is 2. The molecule has 1 aromatic carbocycles. The van der Waals surface area contributed by atoms with Crippen molar-refractivity contribution in [2.24, 2.45) is 0 Å². The lowest BCUT2D eigenvalue weighted by Gasteiger charge is -2.08. The quantitative estimate of drug-likeness (QED) is 0.849. The Morgan fingerprint density at radius 1 is 1.22 bits per heavy atom. The summed E-state index contributed by atoms with van der Waals surface area (Å²) in [6.07, 6.45) is -2.99. The van der Waals surface area contributed by atoms with E-state index in [2.05, 4.69) is 9.97 Å². The van der Waals surface area contributed by atoms with Crippen LogP contribution in [-0.2, 0) is 6.18 Å². The monoisotopic (exact) mass is 253 g/mol. The van der Waals surface area contributed by atoms with Gasteiger partial charge in [-0.3, -0.25) is 0 Å². The van der Waals surface area contributed by atoms with Gasteiger partial charge in [0.15, 0.2) is 5.82 Å². The molecule has 0 radical (unpaired) electrons. The first-order chi connectivity index (χ1) is 8.38. The molecule has 0 aliphatic heterocycles. The molecule has 0 atom stereocenters. The van der Waals surface area contributed by atoms with E-state index in [0.717, 1.165) is 12.1 Å². The maximum atomic E-state index is 12.6. The number of benzene rings is 1. The van der Waals surface area contributed by atoms with E-state index in [1.807, 2.05) is 0 Å². The number of nitrogen functional groups attached to an aromatic ring is 1. The van der Waals surface area contributed by atoms with Crippen LogP contribution in [0.4, 0.5) is 18.9 Å². The SMILES string of the molecule is Cc1nc(-c2cccc(C(F)(F)F)c2)ncc1N. The van der Waals surface area contributed by atoms with Crippen LogP contribution in [-0.4, -0.2) is 9.97 Å². The van der Waals surface area contributed by atoms with E-state index in [1.165, 1.54) is 18.3 Å². The van der Waals surface area contributed by atoms with Gasteiger partial charge in [0.05, 0.1) is 23.1 Å². The molecule has 1 aromatic heterocycles. The van der Waals surface area contributed by atoms with Gasteiger partial charge in [0.25, 0.3) is 0 Å². The molecule has 0 unspecified atom stereocenters. The Balaban J connectivity index is 2.48. The van der Waals surface area contributed by atoms with Crippen molar-refractivity contribution in [1.82, 2.24) is 9.97 Å². The fourth-order valence-electron chi connectivity index (χ4n) is 1.45. The highest BCUT2D eigenvalue weighted by atomic mass is 19.4. The largest absolute Gasteiger partial charge is 0.416 e. The van der Waals surface area contributed by atoms with Gasteiger partial charge in [-0.05, 0) is 19.1 Å². The van der Waals surface area contributed by atoms with Crippen molar-refractivity contribution in [2.45, 2.75) is 13.1 Å². The van der Waals surface area contributed by atoms with Crippen LogP contribution in [0.2, 0.25) is 0 Å². The van der Waals surface area contributed by atoms with Crippen molar-refractivity contribution in [2.75, 3.05) is 5.73 Å². The molecule has 94 valence electrons. The lowest BCUT2D eigenvalue weighted by atomic mass is 10.1. The third-order valence-electron chi connectivity index (χ3n) is 2.47. The Labute approximate surface area is 101 Å². The molecule has 0 saturated heterocycles. The highest BCUT2D eigenvalue weighted by Crippen LogP contribution is 2.31. The molecule has 0 aliphatic rings. The molecule has 1 heterocycles. The van der Waals surface area contributed by atoms with Crippen molar-refractivity contribution in [3.05, 3.63) is 41.7 Å². The van der Waals surface area contributed by atoms with E-state index >= 15 is 0 Å². The predicted molar refractivity (Wildman–Crippen MR) is 61.6 cm³/mol. The Hall–Kier alpha value is -2.11. The van der Waals surface area contributed by atoms with Crippen molar-refractivity contribution >= 4 is 5.69 Å². The fraction of sp³-hybridized carbons (Fsp3) is 0.167. The zero-order valence-electron chi connectivity index (χ0n) is 9.49. The van der Waals surface area contributed by atoms with Crippen LogP contribution >= 0.6 is 0 Å². The third kappa shape index (κ3) is 2.42. The zero-order chi connectivity index (χ0) is 13.3. The first-order valence-electron chi connectivity index (χ1n) is 5.14. The molecule has 0 bridgehead atoms. The summed E-state index contributed by atoms with van der Waals surface area (Å²) in [5.41, 5.74) is 6.10. The van der Waals surface area contributed by atoms with Crippen LogP contribution in [0.25, 0.3) is 11.4 Å². The molecule has 0 aliphatic carbocycles. The number of hydrogen-bond donors (Lipinski definition) is 1. The second-order valence-corrected chi connectivity index (χ2v) is 3.81. The molecule has 2 N–H and O–H groups in total. The van der Waals surface area contributed by atoms with Crippen LogP contribution in [0, 0.1) is 6.92 Å². The van der Waals surface area contributed by atoms with Crippen LogP contribution in [0.1, 0.15) is 11.3 Å². The van der Waals surface area contributed by atoms with Crippen LogP contribution in [0.15, 0.2) is 30.5 Å². The van der Waals surface area contributed by atoms with Gasteiger partial charge in [0.2, 0.25) is 0 Å². The summed E-state index contributed by atoms with van der Waals surface area (Å²) in [6.45, 7) is 1.67. The summed E-state index contributed by atoms with van der Waals surface area (Å²) < 4.78 is 37.7. The first-order valence-corrected chi connectivity index (χ1v) is 5.14. The van der Waals surface area contributed by atoms with Gasteiger partial charge in [-0.15, -0.1) is 0 Å². The Bertz CT molecular complexity index is 579. The highest BCUT2D eigenvalue weighted by molar-refractivity contribution is 5.58. The average molecular weight is 253 g/mol. The Morgan fingerprint density at radius 2 is 1.94 bits per heavy atom.